The van der Waals surface area contributed by atoms with Crippen LogP contribution < -0.4 is 10.2 Å². The molecule has 126 valence electrons. The molecular weight excluding hydrogens is 292 g/mol. The Bertz CT molecular complexity index is 537. The molecule has 0 atom stereocenters. The van der Waals surface area contributed by atoms with Crippen LogP contribution in [0, 0.1) is 12.8 Å². The summed E-state index contributed by atoms with van der Waals surface area (Å²) in [6, 6.07) is 7.79. The lowest BCUT2D eigenvalue weighted by atomic mass is 9.97. The Morgan fingerprint density at radius 2 is 1.96 bits per heavy atom. The van der Waals surface area contributed by atoms with Gasteiger partial charge in [0, 0.05) is 18.5 Å². The number of para-hydroxylation sites is 1. The minimum atomic E-state index is -0.0659. The number of carbonyl (C=O) groups excluding carboxylic acids is 2. The first-order chi connectivity index (χ1) is 11.1. The summed E-state index contributed by atoms with van der Waals surface area (Å²) in [7, 11) is 0. The van der Waals surface area contributed by atoms with E-state index in [1.54, 1.807) is 0 Å². The van der Waals surface area contributed by atoms with Crippen molar-refractivity contribution in [1.82, 2.24) is 0 Å². The number of ether oxygens (including phenoxy) is 1. The summed E-state index contributed by atoms with van der Waals surface area (Å²) in [5.41, 5.74) is 1.96. The van der Waals surface area contributed by atoms with Crippen LogP contribution in [-0.2, 0) is 14.3 Å². The van der Waals surface area contributed by atoms with Crippen LogP contribution >= 0.6 is 0 Å². The molecule has 1 amide bonds. The van der Waals surface area contributed by atoms with Crippen LogP contribution in [0.3, 0.4) is 0 Å². The molecule has 0 aliphatic carbocycles. The summed E-state index contributed by atoms with van der Waals surface area (Å²) in [5.74, 6) is 0.0302. The standard InChI is InChI=1S/C18H26N2O3/c1-3-23-18(22)15-8-11-20(12-9-15)13-10-17(21)19-16-7-5-4-6-14(16)2/h4-7,15H,3,8-13H2,1-2H3,(H,19,21)/p+1. The molecule has 1 heterocycles. The molecule has 0 aromatic heterocycles. The maximum atomic E-state index is 12.1. The summed E-state index contributed by atoms with van der Waals surface area (Å²) in [4.78, 5) is 25.2. The quantitative estimate of drug-likeness (QED) is 0.774. The zero-order valence-electron chi connectivity index (χ0n) is 14.1. The van der Waals surface area contributed by atoms with Crippen LogP contribution in [0.2, 0.25) is 0 Å². The second kappa shape index (κ2) is 8.67. The van der Waals surface area contributed by atoms with Gasteiger partial charge in [0.1, 0.15) is 0 Å². The number of hydrogen-bond donors (Lipinski definition) is 2. The highest BCUT2D eigenvalue weighted by molar-refractivity contribution is 5.91. The first-order valence-corrected chi connectivity index (χ1v) is 8.45. The Hall–Kier alpha value is -1.88. The number of benzene rings is 1. The number of nitrogens with one attached hydrogen (secondary N) is 2. The van der Waals surface area contributed by atoms with Crippen molar-refractivity contribution in [2.45, 2.75) is 33.1 Å². The minimum Gasteiger partial charge on any atom is -0.466 e. The fourth-order valence-electron chi connectivity index (χ4n) is 2.99. The smallest absolute Gasteiger partial charge is 0.309 e. The van der Waals surface area contributed by atoms with E-state index in [-0.39, 0.29) is 17.8 Å². The van der Waals surface area contributed by atoms with Gasteiger partial charge in [-0.1, -0.05) is 18.2 Å². The first kappa shape index (κ1) is 17.5. The Kier molecular flexibility index (Phi) is 6.59. The largest absolute Gasteiger partial charge is 0.466 e. The highest BCUT2D eigenvalue weighted by atomic mass is 16.5. The van der Waals surface area contributed by atoms with Gasteiger partial charge in [0.15, 0.2) is 0 Å². The van der Waals surface area contributed by atoms with Gasteiger partial charge in [-0.15, -0.1) is 0 Å². The fraction of sp³-hybridized carbons (Fsp3) is 0.556. The molecule has 0 radical (unpaired) electrons. The molecule has 0 saturated carbocycles. The van der Waals surface area contributed by atoms with Crippen molar-refractivity contribution in [3.8, 4) is 0 Å². The number of anilines is 1. The summed E-state index contributed by atoms with van der Waals surface area (Å²) >= 11 is 0. The highest BCUT2D eigenvalue weighted by Gasteiger charge is 2.28. The van der Waals surface area contributed by atoms with Crippen LogP contribution in [-0.4, -0.2) is 38.1 Å². The van der Waals surface area contributed by atoms with Crippen molar-refractivity contribution < 1.29 is 19.2 Å². The lowest BCUT2D eigenvalue weighted by Gasteiger charge is -2.27. The summed E-state index contributed by atoms with van der Waals surface area (Å²) in [6.07, 6.45) is 2.22. The van der Waals surface area contributed by atoms with Gasteiger partial charge >= 0.3 is 5.97 Å². The molecule has 1 fully saturated rings. The topological polar surface area (TPSA) is 59.8 Å². The number of hydrogen-bond acceptors (Lipinski definition) is 3. The number of piperidine rings is 1. The van der Waals surface area contributed by atoms with E-state index in [2.05, 4.69) is 5.32 Å². The van der Waals surface area contributed by atoms with Gasteiger partial charge in [0.25, 0.3) is 0 Å². The third kappa shape index (κ3) is 5.36. The molecule has 0 spiro atoms. The Balaban J connectivity index is 1.70. The molecule has 1 aromatic rings. The van der Waals surface area contributed by atoms with Gasteiger partial charge in [0.2, 0.25) is 5.91 Å². The van der Waals surface area contributed by atoms with Crippen LogP contribution in [0.5, 0.6) is 0 Å². The maximum Gasteiger partial charge on any atom is 0.309 e. The van der Waals surface area contributed by atoms with Gasteiger partial charge in [0.05, 0.1) is 38.6 Å². The summed E-state index contributed by atoms with van der Waals surface area (Å²) in [5, 5.41) is 2.97. The van der Waals surface area contributed by atoms with Gasteiger partial charge in [-0.25, -0.2) is 0 Å². The normalized spacial score (nSPS) is 20.8. The van der Waals surface area contributed by atoms with Crippen LogP contribution in [0.4, 0.5) is 5.69 Å². The zero-order valence-corrected chi connectivity index (χ0v) is 14.1. The van der Waals surface area contributed by atoms with E-state index < -0.39 is 0 Å². The number of aryl methyl sites for hydroxylation is 1. The maximum absolute atomic E-state index is 12.1. The molecule has 2 N–H and O–H groups in total. The van der Waals surface area contributed by atoms with Gasteiger partial charge in [-0.2, -0.15) is 0 Å². The molecule has 23 heavy (non-hydrogen) atoms. The Labute approximate surface area is 138 Å². The predicted molar refractivity (Wildman–Crippen MR) is 89.3 cm³/mol. The van der Waals surface area contributed by atoms with Crippen LogP contribution in [0.1, 0.15) is 31.7 Å². The second-order valence-corrected chi connectivity index (χ2v) is 6.14. The lowest BCUT2D eigenvalue weighted by Crippen LogP contribution is -3.13. The third-order valence-electron chi connectivity index (χ3n) is 4.44. The number of esters is 1. The van der Waals surface area contributed by atoms with E-state index in [0.717, 1.165) is 43.7 Å². The average molecular weight is 319 g/mol. The monoisotopic (exact) mass is 319 g/mol. The van der Waals surface area contributed by atoms with Gasteiger partial charge in [-0.05, 0) is 25.5 Å². The Morgan fingerprint density at radius 3 is 2.61 bits per heavy atom. The van der Waals surface area contributed by atoms with Crippen molar-refractivity contribution in [3.05, 3.63) is 29.8 Å². The lowest BCUT2D eigenvalue weighted by molar-refractivity contribution is -0.905. The predicted octanol–water partition coefficient (Wildman–Crippen LogP) is 1.18. The highest BCUT2D eigenvalue weighted by Crippen LogP contribution is 2.13. The van der Waals surface area contributed by atoms with Crippen LogP contribution in [0.15, 0.2) is 24.3 Å². The number of quaternary nitrogens is 1. The minimum absolute atomic E-state index is 0.0412. The molecule has 1 saturated heterocycles. The molecule has 1 aliphatic heterocycles. The van der Waals surface area contributed by atoms with Crippen molar-refractivity contribution in [2.24, 2.45) is 5.92 Å². The van der Waals surface area contributed by atoms with Crippen molar-refractivity contribution in [2.75, 3.05) is 31.6 Å². The number of likely N-dealkylation sites (tertiary alicyclic amines) is 1. The van der Waals surface area contributed by atoms with E-state index in [1.165, 1.54) is 4.90 Å². The SMILES string of the molecule is CCOC(=O)C1CC[NH+](CCC(=O)Nc2ccccc2C)CC1. The van der Waals surface area contributed by atoms with Gasteiger partial charge < -0.3 is 15.0 Å². The average Bonchev–Trinajstić information content (AvgIpc) is 2.56. The number of amides is 1. The second-order valence-electron chi connectivity index (χ2n) is 6.14. The number of rotatable bonds is 6. The number of carbonyl (C=O) groups is 2. The van der Waals surface area contributed by atoms with E-state index in [9.17, 15) is 9.59 Å². The van der Waals surface area contributed by atoms with E-state index in [1.807, 2.05) is 38.1 Å². The molecule has 1 aromatic carbocycles. The Morgan fingerprint density at radius 1 is 1.26 bits per heavy atom. The van der Waals surface area contributed by atoms with Crippen molar-refractivity contribution in [1.29, 1.82) is 0 Å². The molecule has 5 nitrogen and oxygen atoms in total. The molecule has 5 heteroatoms. The first-order valence-electron chi connectivity index (χ1n) is 8.45. The molecular formula is C18H27N2O3+. The van der Waals surface area contributed by atoms with Gasteiger partial charge in [-0.3, -0.25) is 9.59 Å². The van der Waals surface area contributed by atoms with E-state index in [4.69, 9.17) is 4.74 Å². The van der Waals surface area contributed by atoms with Crippen LogP contribution in [0.25, 0.3) is 0 Å². The van der Waals surface area contributed by atoms with Crippen molar-refractivity contribution in [3.63, 3.8) is 0 Å². The molecule has 0 bridgehead atoms. The molecule has 1 aliphatic rings. The fourth-order valence-corrected chi connectivity index (χ4v) is 2.99. The molecule has 0 unspecified atom stereocenters. The molecule has 2 rings (SSSR count). The summed E-state index contributed by atoms with van der Waals surface area (Å²) in [6.45, 7) is 6.95. The van der Waals surface area contributed by atoms with E-state index in [0.29, 0.717) is 13.0 Å². The zero-order chi connectivity index (χ0) is 16.7. The summed E-state index contributed by atoms with van der Waals surface area (Å²) < 4.78 is 5.08. The third-order valence-corrected chi connectivity index (χ3v) is 4.44. The van der Waals surface area contributed by atoms with E-state index >= 15 is 0 Å². The van der Waals surface area contributed by atoms with Crippen molar-refractivity contribution >= 4 is 17.6 Å².